The molecule has 2 aliphatic heterocycles. The first-order chi connectivity index (χ1) is 13.1. The molecule has 2 saturated heterocycles. The van der Waals surface area contributed by atoms with Crippen LogP contribution in [0.25, 0.3) is 0 Å². The second-order valence-corrected chi connectivity index (χ2v) is 7.96. The van der Waals surface area contributed by atoms with Gasteiger partial charge in [-0.1, -0.05) is 0 Å². The molecule has 3 heterocycles. The van der Waals surface area contributed by atoms with Crippen molar-refractivity contribution >= 4 is 11.8 Å². The number of hydrogen-bond acceptors (Lipinski definition) is 5. The summed E-state index contributed by atoms with van der Waals surface area (Å²) in [5.74, 6) is 0.977. The molecule has 0 spiro atoms. The van der Waals surface area contributed by atoms with Crippen molar-refractivity contribution in [1.82, 2.24) is 15.1 Å². The van der Waals surface area contributed by atoms with Gasteiger partial charge >= 0.3 is 0 Å². The maximum absolute atomic E-state index is 12.6. The lowest BCUT2D eigenvalue weighted by Gasteiger charge is -2.41. The Labute approximate surface area is 160 Å². The average Bonchev–Trinajstić information content (AvgIpc) is 3.40. The number of carbonyl (C=O) groups is 2. The van der Waals surface area contributed by atoms with E-state index in [-0.39, 0.29) is 17.7 Å². The number of nitrogens with one attached hydrogen (secondary N) is 1. The van der Waals surface area contributed by atoms with Crippen LogP contribution in [-0.4, -0.2) is 67.0 Å². The summed E-state index contributed by atoms with van der Waals surface area (Å²) < 4.78 is 10.4. The predicted molar refractivity (Wildman–Crippen MR) is 99.6 cm³/mol. The number of carbonyl (C=O) groups excluding carboxylic acids is 2. The van der Waals surface area contributed by atoms with Crippen LogP contribution in [-0.2, 0) is 4.79 Å². The summed E-state index contributed by atoms with van der Waals surface area (Å²) in [7, 11) is 1.52. The fourth-order valence-corrected chi connectivity index (χ4v) is 4.23. The zero-order valence-corrected chi connectivity index (χ0v) is 16.0. The maximum Gasteiger partial charge on any atom is 0.289 e. The van der Waals surface area contributed by atoms with Gasteiger partial charge < -0.3 is 19.4 Å². The SMILES string of the molecule is COc1ccc(C(=O)N2CCC(N3CCC[C@H](C(=O)NC4CC4)C3)CC2)o1. The number of hydrogen-bond donors (Lipinski definition) is 1. The quantitative estimate of drug-likeness (QED) is 0.851. The third-order valence-corrected chi connectivity index (χ3v) is 6.01. The van der Waals surface area contributed by atoms with E-state index in [2.05, 4.69) is 10.2 Å². The van der Waals surface area contributed by atoms with Crippen LogP contribution in [0.2, 0.25) is 0 Å². The minimum Gasteiger partial charge on any atom is -0.468 e. The van der Waals surface area contributed by atoms with Crippen LogP contribution in [0.15, 0.2) is 16.5 Å². The molecule has 0 radical (unpaired) electrons. The van der Waals surface area contributed by atoms with E-state index in [9.17, 15) is 9.59 Å². The average molecular weight is 375 g/mol. The number of methoxy groups -OCH3 is 1. The molecule has 7 heteroatoms. The highest BCUT2D eigenvalue weighted by Crippen LogP contribution is 2.27. The Balaban J connectivity index is 1.28. The Morgan fingerprint density at radius 1 is 1.11 bits per heavy atom. The Morgan fingerprint density at radius 2 is 1.89 bits per heavy atom. The largest absolute Gasteiger partial charge is 0.468 e. The zero-order valence-electron chi connectivity index (χ0n) is 16.0. The first-order valence-corrected chi connectivity index (χ1v) is 10.1. The van der Waals surface area contributed by atoms with Crippen LogP contribution in [0.1, 0.15) is 49.1 Å². The minimum atomic E-state index is -0.0721. The Hall–Kier alpha value is -2.02. The number of furan rings is 1. The third-order valence-electron chi connectivity index (χ3n) is 6.01. The lowest BCUT2D eigenvalue weighted by molar-refractivity contribution is -0.127. The molecule has 2 amide bonds. The first kappa shape index (κ1) is 18.3. The lowest BCUT2D eigenvalue weighted by Crippen LogP contribution is -2.51. The molecule has 3 aliphatic rings. The topological polar surface area (TPSA) is 75.0 Å². The van der Waals surface area contributed by atoms with Crippen molar-refractivity contribution < 1.29 is 18.7 Å². The van der Waals surface area contributed by atoms with Crippen molar-refractivity contribution in [2.75, 3.05) is 33.3 Å². The van der Waals surface area contributed by atoms with Gasteiger partial charge in [-0.05, 0) is 51.1 Å². The Morgan fingerprint density at radius 3 is 2.56 bits per heavy atom. The van der Waals surface area contributed by atoms with E-state index in [1.54, 1.807) is 12.1 Å². The first-order valence-electron chi connectivity index (χ1n) is 10.1. The highest BCUT2D eigenvalue weighted by Gasteiger charge is 2.34. The van der Waals surface area contributed by atoms with Gasteiger partial charge in [-0.25, -0.2) is 0 Å². The summed E-state index contributed by atoms with van der Waals surface area (Å²) >= 11 is 0. The number of piperidine rings is 2. The molecule has 1 aliphatic carbocycles. The molecule has 4 rings (SSSR count). The Kier molecular flexibility index (Phi) is 5.38. The van der Waals surface area contributed by atoms with E-state index < -0.39 is 0 Å². The highest BCUT2D eigenvalue weighted by molar-refractivity contribution is 5.91. The van der Waals surface area contributed by atoms with Crippen molar-refractivity contribution in [3.05, 3.63) is 17.9 Å². The molecule has 1 saturated carbocycles. The molecule has 1 atom stereocenters. The summed E-state index contributed by atoms with van der Waals surface area (Å²) in [5, 5.41) is 3.15. The standard InChI is InChI=1S/C20H29N3O4/c1-26-18-7-6-17(27-18)20(25)22-11-8-16(9-12-22)23-10-2-3-14(13-23)19(24)21-15-4-5-15/h6-7,14-16H,2-5,8-13H2,1H3,(H,21,24)/t14-/m0/s1. The van der Waals surface area contributed by atoms with Crippen molar-refractivity contribution in [3.8, 4) is 5.95 Å². The van der Waals surface area contributed by atoms with Crippen LogP contribution in [0.3, 0.4) is 0 Å². The molecular formula is C20H29N3O4. The van der Waals surface area contributed by atoms with Gasteiger partial charge in [0.1, 0.15) is 0 Å². The summed E-state index contributed by atoms with van der Waals surface area (Å²) in [4.78, 5) is 29.3. The molecule has 1 aromatic heterocycles. The lowest BCUT2D eigenvalue weighted by atomic mass is 9.93. The summed E-state index contributed by atoms with van der Waals surface area (Å²) in [6.45, 7) is 3.36. The van der Waals surface area contributed by atoms with Gasteiger partial charge in [-0.2, -0.15) is 0 Å². The zero-order chi connectivity index (χ0) is 18.8. The number of rotatable bonds is 5. The Bertz CT molecular complexity index is 677. The van der Waals surface area contributed by atoms with Crippen LogP contribution < -0.4 is 10.1 Å². The number of nitrogens with zero attached hydrogens (tertiary/aromatic N) is 2. The third kappa shape index (κ3) is 4.29. The molecule has 27 heavy (non-hydrogen) atoms. The molecule has 7 nitrogen and oxygen atoms in total. The fraction of sp³-hybridized carbons (Fsp3) is 0.700. The number of ether oxygens (including phenoxy) is 1. The fourth-order valence-electron chi connectivity index (χ4n) is 4.23. The molecular weight excluding hydrogens is 346 g/mol. The second kappa shape index (κ2) is 7.92. The summed E-state index contributed by atoms with van der Waals surface area (Å²) in [5.41, 5.74) is 0. The minimum absolute atomic E-state index is 0.0721. The van der Waals surface area contributed by atoms with Gasteiger partial charge in [-0.3, -0.25) is 14.5 Å². The van der Waals surface area contributed by atoms with Crippen LogP contribution in [0.4, 0.5) is 0 Å². The van der Waals surface area contributed by atoms with E-state index in [1.807, 2.05) is 4.90 Å². The molecule has 3 fully saturated rings. The maximum atomic E-state index is 12.6. The van der Waals surface area contributed by atoms with E-state index in [0.717, 1.165) is 64.7 Å². The van der Waals surface area contributed by atoms with Crippen LogP contribution >= 0.6 is 0 Å². The summed E-state index contributed by atoms with van der Waals surface area (Å²) in [6, 6.07) is 4.22. The van der Waals surface area contributed by atoms with Gasteiger partial charge in [0, 0.05) is 37.8 Å². The van der Waals surface area contributed by atoms with Crippen molar-refractivity contribution in [2.45, 2.75) is 50.6 Å². The molecule has 0 bridgehead atoms. The monoisotopic (exact) mass is 375 g/mol. The van der Waals surface area contributed by atoms with Crippen LogP contribution in [0.5, 0.6) is 5.95 Å². The van der Waals surface area contributed by atoms with Crippen molar-refractivity contribution in [3.63, 3.8) is 0 Å². The van der Waals surface area contributed by atoms with E-state index in [4.69, 9.17) is 9.15 Å². The molecule has 0 aromatic carbocycles. The van der Waals surface area contributed by atoms with Crippen molar-refractivity contribution in [2.24, 2.45) is 5.92 Å². The van der Waals surface area contributed by atoms with Gasteiger partial charge in [0.05, 0.1) is 13.0 Å². The molecule has 148 valence electrons. The van der Waals surface area contributed by atoms with Crippen LogP contribution in [0, 0.1) is 5.92 Å². The highest BCUT2D eigenvalue weighted by atomic mass is 16.6. The normalized spacial score (nSPS) is 24.6. The van der Waals surface area contributed by atoms with Gasteiger partial charge in [0.2, 0.25) is 5.91 Å². The molecule has 0 unspecified atom stereocenters. The second-order valence-electron chi connectivity index (χ2n) is 7.96. The van der Waals surface area contributed by atoms with Crippen molar-refractivity contribution in [1.29, 1.82) is 0 Å². The van der Waals surface area contributed by atoms with E-state index in [1.165, 1.54) is 7.11 Å². The van der Waals surface area contributed by atoms with E-state index in [0.29, 0.717) is 23.8 Å². The smallest absolute Gasteiger partial charge is 0.289 e. The van der Waals surface area contributed by atoms with Gasteiger partial charge in [0.15, 0.2) is 5.76 Å². The predicted octanol–water partition coefficient (Wildman–Crippen LogP) is 1.88. The number of likely N-dealkylation sites (tertiary alicyclic amines) is 2. The number of amides is 2. The van der Waals surface area contributed by atoms with Gasteiger partial charge in [-0.15, -0.1) is 0 Å². The molecule has 1 aromatic rings. The van der Waals surface area contributed by atoms with E-state index >= 15 is 0 Å². The molecule has 1 N–H and O–H groups in total. The van der Waals surface area contributed by atoms with Gasteiger partial charge in [0.25, 0.3) is 11.9 Å². The summed E-state index contributed by atoms with van der Waals surface area (Å²) in [6.07, 6.45) is 6.23.